The van der Waals surface area contributed by atoms with Crippen molar-refractivity contribution in [2.45, 2.75) is 6.92 Å². The zero-order valence-electron chi connectivity index (χ0n) is 10.5. The number of benzene rings is 1. The molecule has 1 aromatic heterocycles. The normalized spacial score (nSPS) is 10.2. The van der Waals surface area contributed by atoms with Crippen molar-refractivity contribution < 1.29 is 18.8 Å². The summed E-state index contributed by atoms with van der Waals surface area (Å²) < 4.78 is 0. The Bertz CT molecular complexity index is 639. The van der Waals surface area contributed by atoms with Crippen LogP contribution in [0, 0.1) is 6.92 Å². The van der Waals surface area contributed by atoms with Gasteiger partial charge in [0.05, 0.1) is 11.9 Å². The molecule has 0 saturated heterocycles. The van der Waals surface area contributed by atoms with Crippen molar-refractivity contribution in [3.63, 3.8) is 0 Å². The quantitative estimate of drug-likeness (QED) is 0.260. The van der Waals surface area contributed by atoms with Gasteiger partial charge in [0.25, 0.3) is 0 Å². The van der Waals surface area contributed by atoms with E-state index in [-0.39, 0.29) is 5.11 Å². The number of pyridine rings is 1. The van der Waals surface area contributed by atoms with Crippen molar-refractivity contribution in [2.75, 3.05) is 5.73 Å². The minimum atomic E-state index is 0.113. The molecule has 0 aliphatic rings. The second kappa shape index (κ2) is 8.14. The average Bonchev–Trinajstić information content (AvgIpc) is 2.43. The number of thiocarbonyl (C=S) groups is 1. The van der Waals surface area contributed by atoms with Gasteiger partial charge in [-0.05, 0) is 30.8 Å². The van der Waals surface area contributed by atoms with Crippen molar-refractivity contribution in [2.24, 2.45) is 10.8 Å². The van der Waals surface area contributed by atoms with Crippen LogP contribution in [0.3, 0.4) is 0 Å². The summed E-state index contributed by atoms with van der Waals surface area (Å²) in [6, 6.07) is 5.70. The summed E-state index contributed by atoms with van der Waals surface area (Å²) in [6.45, 7) is 1.97. The van der Waals surface area contributed by atoms with E-state index in [9.17, 15) is 0 Å². The Kier molecular flexibility index (Phi) is 6.85. The minimum absolute atomic E-state index is 0.113. The van der Waals surface area contributed by atoms with Crippen LogP contribution in [-0.2, 0) is 18.8 Å². The monoisotopic (exact) mass is 489 g/mol. The molecule has 1 heterocycles. The van der Waals surface area contributed by atoms with E-state index in [1.165, 1.54) is 0 Å². The maximum absolute atomic E-state index is 5.97. The fourth-order valence-electron chi connectivity index (χ4n) is 1.78. The molecule has 1 aromatic carbocycles. The second-order valence-electron chi connectivity index (χ2n) is 3.83. The molecule has 0 fully saturated rings. The Morgan fingerprint density at radius 2 is 2.20 bits per heavy atom. The summed E-state index contributed by atoms with van der Waals surface area (Å²) >= 11 is 6.27. The zero-order chi connectivity index (χ0) is 15.1. The molecule has 0 saturated carbocycles. The molecular formula is C12H13ClN5PtS. The first-order valence-corrected chi connectivity index (χ1v) is 8.66. The van der Waals surface area contributed by atoms with Crippen LogP contribution in [0.1, 0.15) is 11.3 Å². The fraction of sp³-hybridized carbons (Fsp3) is 0.0833. The van der Waals surface area contributed by atoms with Gasteiger partial charge in [0, 0.05) is 22.7 Å². The molecule has 5 nitrogen and oxygen atoms in total. The van der Waals surface area contributed by atoms with Crippen LogP contribution in [0.25, 0.3) is 10.8 Å². The number of halogens is 1. The number of fused-ring (bicyclic) bond motifs is 1. The van der Waals surface area contributed by atoms with Gasteiger partial charge in [-0.3, -0.25) is 10.4 Å². The summed E-state index contributed by atoms with van der Waals surface area (Å²) in [4.78, 5) is 4.32. The SMILES string of the molecule is Cc1cnc(C=NNC(N)=S)c2cccc(N)c12.[Cl][Pt]. The van der Waals surface area contributed by atoms with E-state index in [4.69, 9.17) is 11.5 Å². The molecule has 8 heteroatoms. The van der Waals surface area contributed by atoms with E-state index in [1.54, 1.807) is 31.2 Å². The number of nitrogens with zero attached hydrogens (tertiary/aromatic N) is 2. The number of hydrazone groups is 1. The standard InChI is InChI=1S/C12H13N5S.ClH.Pt/c1-7-5-15-10(6-16-17-12(14)18)8-3-2-4-9(13)11(7)8;;/h2-6H,13H2,1H3,(H3,14,17,18);1H;/q;;+1/p-1. The molecule has 0 aliphatic carbocycles. The summed E-state index contributed by atoms with van der Waals surface area (Å²) in [5.74, 6) is 0. The van der Waals surface area contributed by atoms with Crippen molar-refractivity contribution in [3.05, 3.63) is 35.7 Å². The van der Waals surface area contributed by atoms with Gasteiger partial charge in [0.2, 0.25) is 0 Å². The van der Waals surface area contributed by atoms with Crippen LogP contribution in [-0.4, -0.2) is 16.3 Å². The average molecular weight is 490 g/mol. The van der Waals surface area contributed by atoms with Gasteiger partial charge in [-0.1, -0.05) is 12.1 Å². The van der Waals surface area contributed by atoms with Crippen molar-refractivity contribution in [1.82, 2.24) is 10.4 Å². The molecule has 109 valence electrons. The van der Waals surface area contributed by atoms with Crippen LogP contribution >= 0.6 is 21.6 Å². The summed E-state index contributed by atoms with van der Waals surface area (Å²) in [7, 11) is 4.61. The molecule has 5 N–H and O–H groups in total. The molecule has 0 spiro atoms. The molecule has 0 bridgehead atoms. The topological polar surface area (TPSA) is 89.3 Å². The molecule has 0 amide bonds. The zero-order valence-corrected chi connectivity index (χ0v) is 14.4. The van der Waals surface area contributed by atoms with Gasteiger partial charge in [-0.25, -0.2) is 0 Å². The van der Waals surface area contributed by atoms with E-state index in [0.29, 0.717) is 5.69 Å². The van der Waals surface area contributed by atoms with E-state index >= 15 is 0 Å². The van der Waals surface area contributed by atoms with Gasteiger partial charge >= 0.3 is 28.2 Å². The van der Waals surface area contributed by atoms with Gasteiger partial charge < -0.3 is 11.5 Å². The molecule has 0 atom stereocenters. The number of nitrogens with one attached hydrogen (secondary N) is 1. The van der Waals surface area contributed by atoms with Crippen LogP contribution in [0.4, 0.5) is 5.69 Å². The van der Waals surface area contributed by atoms with Crippen LogP contribution in [0.5, 0.6) is 0 Å². The van der Waals surface area contributed by atoms with Gasteiger partial charge in [0.15, 0.2) is 5.11 Å². The molecular weight excluding hydrogens is 477 g/mol. The van der Waals surface area contributed by atoms with Crippen molar-refractivity contribution in [1.29, 1.82) is 0 Å². The van der Waals surface area contributed by atoms with Crippen LogP contribution in [0.15, 0.2) is 29.5 Å². The summed E-state index contributed by atoms with van der Waals surface area (Å²) in [5, 5.41) is 5.96. The predicted molar refractivity (Wildman–Crippen MR) is 84.3 cm³/mol. The van der Waals surface area contributed by atoms with E-state index in [0.717, 1.165) is 22.0 Å². The molecule has 0 radical (unpaired) electrons. The second-order valence-corrected chi connectivity index (χ2v) is 4.27. The van der Waals surface area contributed by atoms with E-state index in [1.807, 2.05) is 25.1 Å². The van der Waals surface area contributed by atoms with E-state index in [2.05, 4.69) is 37.1 Å². The predicted octanol–water partition coefficient (Wildman–Crippen LogP) is 1.98. The van der Waals surface area contributed by atoms with Gasteiger partial charge in [-0.2, -0.15) is 5.10 Å². The number of hydrogen-bond acceptors (Lipinski definition) is 4. The van der Waals surface area contributed by atoms with Crippen LogP contribution < -0.4 is 16.9 Å². The van der Waals surface area contributed by atoms with Gasteiger partial charge in [-0.15, -0.1) is 0 Å². The maximum atomic E-state index is 5.97. The molecule has 2 aromatic rings. The molecule has 20 heavy (non-hydrogen) atoms. The Labute approximate surface area is 137 Å². The molecule has 2 rings (SSSR count). The summed E-state index contributed by atoms with van der Waals surface area (Å²) in [5.41, 5.74) is 16.2. The number of anilines is 1. The number of nitrogen functional groups attached to an aromatic ring is 1. The fourth-order valence-corrected chi connectivity index (χ4v) is 1.84. The Morgan fingerprint density at radius 3 is 2.85 bits per heavy atom. The third-order valence-corrected chi connectivity index (χ3v) is 2.62. The first-order chi connectivity index (χ1) is 9.59. The van der Waals surface area contributed by atoms with E-state index < -0.39 is 0 Å². The van der Waals surface area contributed by atoms with Crippen molar-refractivity contribution >= 4 is 49.4 Å². The Hall–Kier alpha value is -1.23. The number of nitrogens with two attached hydrogens (primary N) is 2. The third kappa shape index (κ3) is 4.13. The van der Waals surface area contributed by atoms with Gasteiger partial charge in [0.1, 0.15) is 0 Å². The number of aryl methyl sites for hydroxylation is 1. The Balaban J connectivity index is 0.000000956. The molecule has 0 aliphatic heterocycles. The number of rotatable bonds is 2. The first kappa shape index (κ1) is 16.8. The van der Waals surface area contributed by atoms with Crippen LogP contribution in [0.2, 0.25) is 0 Å². The number of aromatic nitrogens is 1. The van der Waals surface area contributed by atoms with Crippen molar-refractivity contribution in [3.8, 4) is 0 Å². The Morgan fingerprint density at radius 1 is 1.50 bits per heavy atom. The first-order valence-electron chi connectivity index (χ1n) is 5.44. The molecule has 0 unspecified atom stereocenters. The number of hydrogen-bond donors (Lipinski definition) is 3. The summed E-state index contributed by atoms with van der Waals surface area (Å²) in [6.07, 6.45) is 3.33. The third-order valence-electron chi connectivity index (χ3n) is 2.53.